The van der Waals surface area contributed by atoms with Gasteiger partial charge in [-0.3, -0.25) is 0 Å². The second-order valence-electron chi connectivity index (χ2n) is 2.91. The maximum atomic E-state index is 11.2. The lowest BCUT2D eigenvalue weighted by atomic mass is 10.3. The van der Waals surface area contributed by atoms with Gasteiger partial charge in [-0.2, -0.15) is 0 Å². The van der Waals surface area contributed by atoms with Crippen molar-refractivity contribution < 1.29 is 16.8 Å². The molecule has 0 amide bonds. The summed E-state index contributed by atoms with van der Waals surface area (Å²) in [6.07, 6.45) is 0. The molecule has 0 saturated heterocycles. The highest BCUT2D eigenvalue weighted by Crippen LogP contribution is 2.27. The third kappa shape index (κ3) is 2.82. The Bertz CT molecular complexity index is 638. The van der Waals surface area contributed by atoms with E-state index in [-0.39, 0.29) is 5.69 Å². The molecule has 0 saturated carbocycles. The summed E-state index contributed by atoms with van der Waals surface area (Å²) in [5.74, 6) is 0. The highest BCUT2D eigenvalue weighted by molar-refractivity contribution is 14.1. The zero-order valence-corrected chi connectivity index (χ0v) is 11.5. The maximum Gasteiger partial charge on any atom is 0.241 e. The van der Waals surface area contributed by atoms with Crippen LogP contribution in [0.25, 0.3) is 0 Å². The van der Waals surface area contributed by atoms with Gasteiger partial charge < -0.3 is 5.73 Å². The van der Waals surface area contributed by atoms with Crippen LogP contribution in [-0.4, -0.2) is 16.8 Å². The van der Waals surface area contributed by atoms with Crippen LogP contribution in [-0.2, 0) is 20.0 Å². The molecule has 1 aromatic carbocycles. The van der Waals surface area contributed by atoms with Gasteiger partial charge in [0.15, 0.2) is 0 Å². The average molecular weight is 377 g/mol. The largest absolute Gasteiger partial charge is 0.398 e. The van der Waals surface area contributed by atoms with Gasteiger partial charge >= 0.3 is 0 Å². The summed E-state index contributed by atoms with van der Waals surface area (Å²) in [7, 11) is -8.46. The molecular weight excluding hydrogens is 369 g/mol. The minimum atomic E-state index is -4.25. The van der Waals surface area contributed by atoms with Crippen LogP contribution in [0.5, 0.6) is 0 Å². The Balaban J connectivity index is 3.87. The first kappa shape index (κ1) is 13.6. The fourth-order valence-corrected chi connectivity index (χ4v) is 4.05. The van der Waals surface area contributed by atoms with Crippen LogP contribution in [0.15, 0.2) is 21.9 Å². The van der Waals surface area contributed by atoms with Crippen LogP contribution < -0.4 is 16.0 Å². The van der Waals surface area contributed by atoms with E-state index in [1.807, 2.05) is 0 Å². The summed E-state index contributed by atoms with van der Waals surface area (Å²) in [6, 6.07) is 2.38. The second kappa shape index (κ2) is 4.10. The molecule has 1 rings (SSSR count). The fourth-order valence-electron chi connectivity index (χ4n) is 1.10. The molecule has 0 radical (unpaired) electrons. The summed E-state index contributed by atoms with van der Waals surface area (Å²) in [6.45, 7) is 0. The number of anilines is 1. The molecule has 0 unspecified atom stereocenters. The number of halogens is 1. The van der Waals surface area contributed by atoms with E-state index in [2.05, 4.69) is 0 Å². The van der Waals surface area contributed by atoms with E-state index in [0.717, 1.165) is 6.07 Å². The number of rotatable bonds is 2. The number of hydrogen-bond donors (Lipinski definition) is 3. The van der Waals surface area contributed by atoms with Crippen LogP contribution in [0, 0.1) is 3.57 Å². The first-order valence-corrected chi connectivity index (χ1v) is 7.85. The molecule has 0 aliphatic rings. The zero-order chi connectivity index (χ0) is 12.7. The number of primary sulfonamides is 2. The highest BCUT2D eigenvalue weighted by atomic mass is 127. The molecule has 16 heavy (non-hydrogen) atoms. The molecular formula is C6H8IN3O4S2. The molecule has 0 aliphatic heterocycles. The van der Waals surface area contributed by atoms with Crippen LogP contribution in [0.2, 0.25) is 0 Å². The van der Waals surface area contributed by atoms with Gasteiger partial charge in [-0.1, -0.05) is 0 Å². The average Bonchev–Trinajstić information content (AvgIpc) is 1.97. The normalized spacial score (nSPS) is 12.7. The van der Waals surface area contributed by atoms with Crippen molar-refractivity contribution in [1.82, 2.24) is 0 Å². The van der Waals surface area contributed by atoms with E-state index in [4.69, 9.17) is 16.0 Å². The predicted octanol–water partition coefficient (Wildman–Crippen LogP) is -0.832. The molecule has 0 heterocycles. The van der Waals surface area contributed by atoms with Crippen LogP contribution in [0.1, 0.15) is 0 Å². The van der Waals surface area contributed by atoms with Crippen LogP contribution >= 0.6 is 22.6 Å². The third-order valence-electron chi connectivity index (χ3n) is 1.64. The monoisotopic (exact) mass is 377 g/mol. The number of benzene rings is 1. The van der Waals surface area contributed by atoms with E-state index in [9.17, 15) is 16.8 Å². The lowest BCUT2D eigenvalue weighted by Crippen LogP contribution is -2.22. The van der Waals surface area contributed by atoms with E-state index in [1.165, 1.54) is 6.07 Å². The smallest absolute Gasteiger partial charge is 0.241 e. The lowest BCUT2D eigenvalue weighted by Gasteiger charge is -2.09. The van der Waals surface area contributed by atoms with Gasteiger partial charge in [-0.15, -0.1) is 0 Å². The fraction of sp³-hybridized carbons (Fsp3) is 0. The first-order valence-electron chi connectivity index (χ1n) is 3.68. The summed E-state index contributed by atoms with van der Waals surface area (Å²) in [5, 5.41) is 9.76. The van der Waals surface area contributed by atoms with Crippen molar-refractivity contribution >= 4 is 48.3 Å². The minimum Gasteiger partial charge on any atom is -0.398 e. The van der Waals surface area contributed by atoms with E-state index < -0.39 is 29.8 Å². The van der Waals surface area contributed by atoms with E-state index in [0.29, 0.717) is 3.57 Å². The van der Waals surface area contributed by atoms with Crippen molar-refractivity contribution in [3.8, 4) is 0 Å². The molecule has 1 aromatic rings. The van der Waals surface area contributed by atoms with Crippen molar-refractivity contribution in [1.29, 1.82) is 0 Å². The van der Waals surface area contributed by atoms with Crippen molar-refractivity contribution in [2.75, 3.05) is 5.73 Å². The topological polar surface area (TPSA) is 146 Å². The van der Waals surface area contributed by atoms with Gasteiger partial charge in [0.05, 0.1) is 5.69 Å². The Kier molecular flexibility index (Phi) is 3.50. The molecule has 7 nitrogen and oxygen atoms in total. The molecule has 0 spiro atoms. The molecule has 0 aliphatic carbocycles. The second-order valence-corrected chi connectivity index (χ2v) is 7.19. The van der Waals surface area contributed by atoms with Gasteiger partial charge in [0.1, 0.15) is 9.79 Å². The van der Waals surface area contributed by atoms with Crippen molar-refractivity contribution in [2.45, 2.75) is 9.79 Å². The molecule has 6 N–H and O–H groups in total. The first-order chi connectivity index (χ1) is 7.03. The Morgan fingerprint density at radius 1 is 1.00 bits per heavy atom. The zero-order valence-electron chi connectivity index (χ0n) is 7.71. The summed E-state index contributed by atoms with van der Waals surface area (Å²) < 4.78 is 45.3. The van der Waals surface area contributed by atoms with Crippen molar-refractivity contribution in [3.63, 3.8) is 0 Å². The van der Waals surface area contributed by atoms with Crippen LogP contribution in [0.3, 0.4) is 0 Å². The van der Waals surface area contributed by atoms with Gasteiger partial charge in [0, 0.05) is 3.57 Å². The SMILES string of the molecule is Nc1cc(I)cc(S(N)(=O)=O)c1S(N)(=O)=O. The van der Waals surface area contributed by atoms with E-state index >= 15 is 0 Å². The maximum absolute atomic E-state index is 11.2. The van der Waals surface area contributed by atoms with Gasteiger partial charge in [-0.05, 0) is 34.7 Å². The number of nitrogen functional groups attached to an aromatic ring is 1. The summed E-state index contributed by atoms with van der Waals surface area (Å²) in [5.41, 5.74) is 5.17. The number of hydrogen-bond acceptors (Lipinski definition) is 5. The van der Waals surface area contributed by atoms with Crippen LogP contribution in [0.4, 0.5) is 5.69 Å². The number of nitrogens with two attached hydrogens (primary N) is 3. The van der Waals surface area contributed by atoms with Gasteiger partial charge in [-0.25, -0.2) is 27.1 Å². The summed E-state index contributed by atoms with van der Waals surface area (Å²) >= 11 is 1.78. The van der Waals surface area contributed by atoms with Gasteiger partial charge in [0.2, 0.25) is 20.0 Å². The highest BCUT2D eigenvalue weighted by Gasteiger charge is 2.25. The molecule has 0 atom stereocenters. The Morgan fingerprint density at radius 3 is 1.88 bits per heavy atom. The molecule has 0 fully saturated rings. The Labute approximate surface area is 106 Å². The number of sulfonamides is 2. The standard InChI is InChI=1S/C6H8IN3O4S2/c7-3-1-4(8)6(16(10,13)14)5(2-3)15(9,11)12/h1-2H,8H2,(H2,9,11,12)(H2,10,13,14). The predicted molar refractivity (Wildman–Crippen MR) is 66.3 cm³/mol. The quantitative estimate of drug-likeness (QED) is 0.455. The Hall–Kier alpha value is -0.430. The van der Waals surface area contributed by atoms with Gasteiger partial charge in [0.25, 0.3) is 0 Å². The molecule has 90 valence electrons. The molecule has 10 heteroatoms. The molecule has 0 bridgehead atoms. The van der Waals surface area contributed by atoms with Crippen molar-refractivity contribution in [2.24, 2.45) is 10.3 Å². The molecule has 0 aromatic heterocycles. The third-order valence-corrected chi connectivity index (χ3v) is 4.35. The summed E-state index contributed by atoms with van der Waals surface area (Å²) in [4.78, 5) is -1.27. The lowest BCUT2D eigenvalue weighted by molar-refractivity contribution is 0.584. The van der Waals surface area contributed by atoms with E-state index in [1.54, 1.807) is 22.6 Å². The van der Waals surface area contributed by atoms with Crippen molar-refractivity contribution in [3.05, 3.63) is 15.7 Å². The Morgan fingerprint density at radius 2 is 1.50 bits per heavy atom. The minimum absolute atomic E-state index is 0.251.